The third kappa shape index (κ3) is 1.72. The van der Waals surface area contributed by atoms with Crippen LogP contribution in [0, 0.1) is 0 Å². The fourth-order valence-corrected chi connectivity index (χ4v) is 1.51. The van der Waals surface area contributed by atoms with Crippen molar-refractivity contribution in [2.75, 3.05) is 0 Å². The smallest absolute Gasteiger partial charge is 0.189 e. The number of H-pyrrole nitrogens is 1. The molecule has 1 aromatic carbocycles. The van der Waals surface area contributed by atoms with Crippen LogP contribution in [0.5, 0.6) is 0 Å². The number of para-hydroxylation sites is 1. The van der Waals surface area contributed by atoms with Crippen LogP contribution < -0.4 is 5.43 Å². The van der Waals surface area contributed by atoms with E-state index in [1.165, 1.54) is 12.1 Å². The summed E-state index contributed by atoms with van der Waals surface area (Å²) < 4.78 is 0. The quantitative estimate of drug-likeness (QED) is 0.591. The van der Waals surface area contributed by atoms with Crippen molar-refractivity contribution in [1.29, 1.82) is 0 Å². The minimum atomic E-state index is -0.0231. The van der Waals surface area contributed by atoms with Gasteiger partial charge >= 0.3 is 0 Å². The topological polar surface area (TPSA) is 49.9 Å². The highest BCUT2D eigenvalue weighted by Crippen LogP contribution is 2.13. The van der Waals surface area contributed by atoms with E-state index in [2.05, 4.69) is 4.98 Å². The molecular weight excluding hydrogens is 190 g/mol. The van der Waals surface area contributed by atoms with Gasteiger partial charge in [0.15, 0.2) is 5.43 Å². The molecule has 0 bridgehead atoms. The van der Waals surface area contributed by atoms with Crippen molar-refractivity contribution in [1.82, 2.24) is 4.98 Å². The monoisotopic (exact) mass is 199 g/mol. The first-order valence-corrected chi connectivity index (χ1v) is 4.55. The van der Waals surface area contributed by atoms with Crippen LogP contribution in [0.4, 0.5) is 0 Å². The number of rotatable bonds is 2. The van der Waals surface area contributed by atoms with E-state index in [9.17, 15) is 9.59 Å². The molecule has 1 N–H and O–H groups in total. The van der Waals surface area contributed by atoms with Crippen LogP contribution >= 0.6 is 0 Å². The molecule has 3 nitrogen and oxygen atoms in total. The molecule has 0 spiro atoms. The van der Waals surface area contributed by atoms with Gasteiger partial charge < -0.3 is 4.98 Å². The maximum atomic E-state index is 11.5. The Morgan fingerprint density at radius 2 is 2.07 bits per heavy atom. The van der Waals surface area contributed by atoms with Crippen molar-refractivity contribution >= 4 is 23.3 Å². The van der Waals surface area contributed by atoms with Gasteiger partial charge in [-0.05, 0) is 23.8 Å². The molecule has 0 aliphatic rings. The van der Waals surface area contributed by atoms with Gasteiger partial charge in [0.2, 0.25) is 0 Å². The van der Waals surface area contributed by atoms with Gasteiger partial charge in [-0.15, -0.1) is 0 Å². The van der Waals surface area contributed by atoms with Crippen molar-refractivity contribution < 1.29 is 4.79 Å². The molecular formula is C12H9NO2. The number of carbonyl (C=O) groups is 1. The van der Waals surface area contributed by atoms with Crippen LogP contribution in [0.2, 0.25) is 0 Å². The van der Waals surface area contributed by atoms with Gasteiger partial charge in [0, 0.05) is 17.6 Å². The zero-order valence-corrected chi connectivity index (χ0v) is 7.94. The first-order chi connectivity index (χ1) is 7.33. The first kappa shape index (κ1) is 9.40. The van der Waals surface area contributed by atoms with Gasteiger partial charge in [0.05, 0.1) is 5.52 Å². The molecule has 0 fully saturated rings. The number of pyridine rings is 1. The minimum Gasteiger partial charge on any atom is -0.360 e. The van der Waals surface area contributed by atoms with Crippen LogP contribution in [-0.2, 0) is 4.79 Å². The zero-order chi connectivity index (χ0) is 10.7. The second-order valence-corrected chi connectivity index (χ2v) is 3.11. The van der Waals surface area contributed by atoms with E-state index < -0.39 is 0 Å². The Morgan fingerprint density at radius 3 is 2.87 bits per heavy atom. The normalized spacial score (nSPS) is 10.9. The molecule has 1 aromatic heterocycles. The second-order valence-electron chi connectivity index (χ2n) is 3.11. The summed E-state index contributed by atoms with van der Waals surface area (Å²) in [6.07, 6.45) is 5.38. The number of aldehydes is 1. The van der Waals surface area contributed by atoms with E-state index in [0.29, 0.717) is 11.7 Å². The number of benzene rings is 1. The predicted molar refractivity (Wildman–Crippen MR) is 59.7 cm³/mol. The molecule has 74 valence electrons. The van der Waals surface area contributed by atoms with E-state index in [4.69, 9.17) is 0 Å². The Bertz CT molecular complexity index is 581. The molecule has 2 aromatic rings. The van der Waals surface area contributed by atoms with E-state index in [1.807, 2.05) is 6.07 Å². The number of fused-ring (bicyclic) bond motifs is 1. The van der Waals surface area contributed by atoms with Crippen molar-refractivity contribution in [3.8, 4) is 0 Å². The van der Waals surface area contributed by atoms with Gasteiger partial charge in [-0.1, -0.05) is 12.1 Å². The fourth-order valence-electron chi connectivity index (χ4n) is 1.51. The van der Waals surface area contributed by atoms with Crippen molar-refractivity contribution in [2.45, 2.75) is 0 Å². The highest BCUT2D eigenvalue weighted by Gasteiger charge is 1.99. The van der Waals surface area contributed by atoms with Crippen LogP contribution in [0.15, 0.2) is 41.3 Å². The summed E-state index contributed by atoms with van der Waals surface area (Å²) in [5, 5.41) is 0.630. The predicted octanol–water partition coefficient (Wildman–Crippen LogP) is 1.74. The zero-order valence-electron chi connectivity index (χ0n) is 7.94. The Hall–Kier alpha value is -2.16. The van der Waals surface area contributed by atoms with Gasteiger partial charge in [-0.2, -0.15) is 0 Å². The number of aromatic amines is 1. The van der Waals surface area contributed by atoms with Crippen LogP contribution in [0.25, 0.3) is 17.0 Å². The second kappa shape index (κ2) is 3.92. The Balaban J connectivity index is 2.76. The van der Waals surface area contributed by atoms with Crippen molar-refractivity contribution in [3.63, 3.8) is 0 Å². The van der Waals surface area contributed by atoms with Crippen LogP contribution in [-0.4, -0.2) is 11.3 Å². The lowest BCUT2D eigenvalue weighted by atomic mass is 10.1. The third-order valence-electron chi connectivity index (χ3n) is 2.18. The van der Waals surface area contributed by atoms with Crippen molar-refractivity contribution in [2.24, 2.45) is 0 Å². The Labute approximate surface area is 86.1 Å². The van der Waals surface area contributed by atoms with Crippen LogP contribution in [0.3, 0.4) is 0 Å². The molecule has 0 saturated carbocycles. The molecule has 1 heterocycles. The molecule has 0 amide bonds. The fraction of sp³-hybridized carbons (Fsp3) is 0. The van der Waals surface area contributed by atoms with E-state index in [0.717, 1.165) is 11.1 Å². The van der Waals surface area contributed by atoms with Crippen LogP contribution in [0.1, 0.15) is 5.56 Å². The molecule has 2 rings (SSSR count). The number of hydrogen-bond acceptors (Lipinski definition) is 2. The summed E-state index contributed by atoms with van der Waals surface area (Å²) in [7, 11) is 0. The highest BCUT2D eigenvalue weighted by molar-refractivity contribution is 5.89. The standard InChI is InChI=1S/C12H9NO2/c14-8-2-4-9-3-1-5-10-11(15)6-7-13-12(9)10/h1-8H,(H,13,15). The lowest BCUT2D eigenvalue weighted by Crippen LogP contribution is -2.00. The Morgan fingerprint density at radius 1 is 1.20 bits per heavy atom. The Kier molecular flexibility index (Phi) is 2.46. The average molecular weight is 199 g/mol. The summed E-state index contributed by atoms with van der Waals surface area (Å²) in [6, 6.07) is 6.88. The summed E-state index contributed by atoms with van der Waals surface area (Å²) >= 11 is 0. The molecule has 0 atom stereocenters. The summed E-state index contributed by atoms with van der Waals surface area (Å²) in [4.78, 5) is 24.7. The van der Waals surface area contributed by atoms with Gasteiger partial charge in [0.1, 0.15) is 6.29 Å². The van der Waals surface area contributed by atoms with E-state index in [1.54, 1.807) is 24.4 Å². The third-order valence-corrected chi connectivity index (χ3v) is 2.18. The van der Waals surface area contributed by atoms with E-state index in [-0.39, 0.29) is 5.43 Å². The molecule has 0 saturated heterocycles. The van der Waals surface area contributed by atoms with Gasteiger partial charge in [-0.25, -0.2) is 0 Å². The lowest BCUT2D eigenvalue weighted by Gasteiger charge is -2.00. The van der Waals surface area contributed by atoms with Crippen molar-refractivity contribution in [3.05, 3.63) is 52.3 Å². The summed E-state index contributed by atoms with van der Waals surface area (Å²) in [6.45, 7) is 0. The maximum Gasteiger partial charge on any atom is 0.189 e. The molecule has 15 heavy (non-hydrogen) atoms. The van der Waals surface area contributed by atoms with E-state index >= 15 is 0 Å². The van der Waals surface area contributed by atoms with Gasteiger partial charge in [-0.3, -0.25) is 9.59 Å². The molecule has 0 radical (unpaired) electrons. The van der Waals surface area contributed by atoms with Gasteiger partial charge in [0.25, 0.3) is 0 Å². The minimum absolute atomic E-state index is 0.0231. The SMILES string of the molecule is O=CC=Cc1cccc2c(=O)cc[nH]c12. The summed E-state index contributed by atoms with van der Waals surface area (Å²) in [5.74, 6) is 0. The largest absolute Gasteiger partial charge is 0.360 e. The maximum absolute atomic E-state index is 11.5. The number of nitrogens with one attached hydrogen (secondary N) is 1. The molecule has 3 heteroatoms. The molecule has 0 unspecified atom stereocenters. The number of aromatic nitrogens is 1. The average Bonchev–Trinajstić information content (AvgIpc) is 2.27. The molecule has 0 aliphatic carbocycles. The molecule has 0 aliphatic heterocycles. The number of allylic oxidation sites excluding steroid dienone is 1. The highest BCUT2D eigenvalue weighted by atomic mass is 16.1. The first-order valence-electron chi connectivity index (χ1n) is 4.55. The number of hydrogen-bond donors (Lipinski definition) is 1. The number of carbonyl (C=O) groups excluding carboxylic acids is 1. The lowest BCUT2D eigenvalue weighted by molar-refractivity contribution is -0.104. The summed E-state index contributed by atoms with van der Waals surface area (Å²) in [5.41, 5.74) is 1.56.